The monoisotopic (exact) mass is 465 g/mol. The second-order valence-electron chi connectivity index (χ2n) is 6.95. The minimum absolute atomic E-state index is 0.0293. The topological polar surface area (TPSA) is 178 Å². The first-order valence-electron chi connectivity index (χ1n) is 8.82. The molecule has 0 rings (SSSR count). The fourth-order valence-corrected chi connectivity index (χ4v) is 4.29. The predicted octanol–water partition coefficient (Wildman–Crippen LogP) is 0.167. The first-order chi connectivity index (χ1) is 13.3. The highest BCUT2D eigenvalue weighted by molar-refractivity contribution is 7.86. The molecule has 1 unspecified atom stereocenters. The first kappa shape index (κ1) is 28.2. The molecule has 0 aliphatic carbocycles. The van der Waals surface area contributed by atoms with Crippen molar-refractivity contribution in [2.75, 3.05) is 45.6 Å². The van der Waals surface area contributed by atoms with Gasteiger partial charge in [-0.25, -0.2) is 4.79 Å². The van der Waals surface area contributed by atoms with Gasteiger partial charge in [0.25, 0.3) is 10.1 Å². The third-order valence-corrected chi connectivity index (χ3v) is 6.00. The molecule has 0 aliphatic heterocycles. The van der Waals surface area contributed by atoms with Gasteiger partial charge in [-0.05, 0) is 33.6 Å². The van der Waals surface area contributed by atoms with Crippen molar-refractivity contribution in [2.45, 2.75) is 44.8 Å². The molecule has 0 aliphatic rings. The summed E-state index contributed by atoms with van der Waals surface area (Å²) in [7, 11) is -7.59. The summed E-state index contributed by atoms with van der Waals surface area (Å²) in [6, 6.07) is 0. The predicted molar refractivity (Wildman–Crippen MR) is 103 cm³/mol. The van der Waals surface area contributed by atoms with Gasteiger partial charge in [0.15, 0.2) is 6.35 Å². The maximum absolute atomic E-state index is 12.4. The van der Waals surface area contributed by atoms with E-state index in [1.54, 1.807) is 20.8 Å². The Morgan fingerprint density at radius 3 is 2.10 bits per heavy atom. The summed E-state index contributed by atoms with van der Waals surface area (Å²) < 4.78 is 54.4. The molecule has 0 radical (unpaired) electrons. The molecule has 12 nitrogen and oxygen atoms in total. The van der Waals surface area contributed by atoms with E-state index >= 15 is 0 Å². The zero-order chi connectivity index (χ0) is 22.8. The first-order valence-corrected chi connectivity index (χ1v) is 12.4. The number of aliphatic hydroxyl groups excluding tert-OH is 3. The van der Waals surface area contributed by atoms with Crippen molar-refractivity contribution in [2.24, 2.45) is 0 Å². The normalized spacial score (nSPS) is 15.0. The quantitative estimate of drug-likeness (QED) is 0.147. The van der Waals surface area contributed by atoms with E-state index in [-0.39, 0.29) is 26.1 Å². The number of amides is 1. The summed E-state index contributed by atoms with van der Waals surface area (Å²) in [6.07, 6.45) is -0.332. The Bertz CT molecular complexity index is 640. The molecule has 174 valence electrons. The highest BCUT2D eigenvalue weighted by Gasteiger charge is 2.33. The lowest BCUT2D eigenvalue weighted by Gasteiger charge is -2.31. The number of hydrogen-bond acceptors (Lipinski definition) is 11. The van der Waals surface area contributed by atoms with Gasteiger partial charge in [-0.15, -0.1) is 0 Å². The number of hydrogen-bond donors (Lipinski definition) is 4. The lowest BCUT2D eigenvalue weighted by Crippen LogP contribution is -2.58. The molecule has 0 aromatic carbocycles. The number of rotatable bonds is 15. The maximum atomic E-state index is 12.4. The van der Waals surface area contributed by atoms with Gasteiger partial charge in [0.1, 0.15) is 11.1 Å². The Morgan fingerprint density at radius 1 is 1.10 bits per heavy atom. The molecular formula is C15H32NO11PS. The van der Waals surface area contributed by atoms with E-state index in [0.717, 1.165) is 6.26 Å². The van der Waals surface area contributed by atoms with Crippen LogP contribution in [0.3, 0.4) is 0 Å². The number of carbonyl (C=O) groups is 1. The number of nitrogens with one attached hydrogen (secondary N) is 1. The summed E-state index contributed by atoms with van der Waals surface area (Å²) >= 11 is 0. The van der Waals surface area contributed by atoms with Crippen molar-refractivity contribution in [1.29, 1.82) is 0 Å². The number of alkyl carbamates (subject to hydrolysis) is 1. The zero-order valence-corrected chi connectivity index (χ0v) is 18.8. The second-order valence-corrected chi connectivity index (χ2v) is 10.6. The average Bonchev–Trinajstić information content (AvgIpc) is 2.61. The Hall–Kier alpha value is -0.790. The van der Waals surface area contributed by atoms with Gasteiger partial charge >= 0.3 is 13.7 Å². The van der Waals surface area contributed by atoms with Crippen LogP contribution in [-0.4, -0.2) is 86.6 Å². The van der Waals surface area contributed by atoms with Crippen LogP contribution in [0.15, 0.2) is 0 Å². The average molecular weight is 465 g/mol. The number of ether oxygens (including phenoxy) is 1. The Labute approximate surface area is 171 Å². The van der Waals surface area contributed by atoms with E-state index in [0.29, 0.717) is 0 Å². The van der Waals surface area contributed by atoms with Crippen LogP contribution in [0.1, 0.15) is 33.6 Å². The molecule has 0 spiro atoms. The fraction of sp³-hybridized carbons (Fsp3) is 0.933. The minimum Gasteiger partial charge on any atom is -0.444 e. The molecule has 29 heavy (non-hydrogen) atoms. The van der Waals surface area contributed by atoms with Gasteiger partial charge in [0.05, 0.1) is 39.3 Å². The van der Waals surface area contributed by atoms with Gasteiger partial charge in [-0.2, -0.15) is 8.42 Å². The standard InChI is InChI=1S/C15H32NO11PS/c1-5-24-28(21,12-26-29(4,22)23)25-8-6-7-14(2,3)27-13(20)16-15(9-17,10-18)11-19/h17-19H,5-12H2,1-4H3,(H,16,20). The van der Waals surface area contributed by atoms with E-state index < -0.39 is 61.1 Å². The van der Waals surface area contributed by atoms with E-state index in [9.17, 15) is 33.1 Å². The van der Waals surface area contributed by atoms with Crippen molar-refractivity contribution >= 4 is 23.8 Å². The molecule has 0 bridgehead atoms. The molecular weight excluding hydrogens is 433 g/mol. The molecule has 0 aromatic rings. The minimum atomic E-state index is -3.81. The summed E-state index contributed by atoms with van der Waals surface area (Å²) in [4.78, 5) is 12.0. The molecule has 0 saturated carbocycles. The molecule has 0 saturated heterocycles. The zero-order valence-electron chi connectivity index (χ0n) is 17.1. The third kappa shape index (κ3) is 11.8. The molecule has 0 fully saturated rings. The Morgan fingerprint density at radius 2 is 1.66 bits per heavy atom. The van der Waals surface area contributed by atoms with Crippen LogP contribution in [0.25, 0.3) is 0 Å². The van der Waals surface area contributed by atoms with E-state index in [1.165, 1.54) is 0 Å². The van der Waals surface area contributed by atoms with Gasteiger partial charge in [-0.1, -0.05) is 0 Å². The molecule has 0 heterocycles. The van der Waals surface area contributed by atoms with Crippen molar-refractivity contribution in [3.63, 3.8) is 0 Å². The SMILES string of the molecule is CCOP(=O)(COS(C)(=O)=O)OCCCC(C)(C)OC(=O)NC(CO)(CO)CO. The lowest BCUT2D eigenvalue weighted by molar-refractivity contribution is 0.000594. The summed E-state index contributed by atoms with van der Waals surface area (Å²) in [5.74, 6) is 0. The van der Waals surface area contributed by atoms with E-state index in [2.05, 4.69) is 9.50 Å². The number of carbonyl (C=O) groups excluding carboxylic acids is 1. The second kappa shape index (κ2) is 12.2. The maximum Gasteiger partial charge on any atom is 0.408 e. The van der Waals surface area contributed by atoms with Gasteiger partial charge in [0.2, 0.25) is 0 Å². The molecule has 4 N–H and O–H groups in total. The van der Waals surface area contributed by atoms with Crippen LogP contribution >= 0.6 is 7.60 Å². The van der Waals surface area contributed by atoms with E-state index in [1.807, 2.05) is 0 Å². The summed E-state index contributed by atoms with van der Waals surface area (Å²) in [6.45, 7) is 2.65. The van der Waals surface area contributed by atoms with Crippen molar-refractivity contribution < 1.29 is 51.1 Å². The van der Waals surface area contributed by atoms with Gasteiger partial charge in [0, 0.05) is 0 Å². The van der Waals surface area contributed by atoms with Crippen LogP contribution in [0.4, 0.5) is 4.79 Å². The van der Waals surface area contributed by atoms with Crippen LogP contribution in [-0.2, 0) is 32.7 Å². The third-order valence-electron chi connectivity index (χ3n) is 3.61. The molecule has 1 atom stereocenters. The summed E-state index contributed by atoms with van der Waals surface area (Å²) in [5, 5.41) is 29.9. The Balaban J connectivity index is 4.61. The van der Waals surface area contributed by atoms with Crippen LogP contribution < -0.4 is 5.32 Å². The largest absolute Gasteiger partial charge is 0.444 e. The van der Waals surface area contributed by atoms with Gasteiger partial charge in [-0.3, -0.25) is 8.75 Å². The smallest absolute Gasteiger partial charge is 0.408 e. The Kier molecular flexibility index (Phi) is 11.8. The molecule has 14 heteroatoms. The van der Waals surface area contributed by atoms with Crippen LogP contribution in [0.5, 0.6) is 0 Å². The highest BCUT2D eigenvalue weighted by atomic mass is 32.2. The van der Waals surface area contributed by atoms with Gasteiger partial charge < -0.3 is 34.4 Å². The highest BCUT2D eigenvalue weighted by Crippen LogP contribution is 2.48. The van der Waals surface area contributed by atoms with Crippen LogP contribution in [0, 0.1) is 0 Å². The van der Waals surface area contributed by atoms with Crippen molar-refractivity contribution in [3.8, 4) is 0 Å². The summed E-state index contributed by atoms with van der Waals surface area (Å²) in [5.41, 5.74) is -2.61. The van der Waals surface area contributed by atoms with Crippen molar-refractivity contribution in [3.05, 3.63) is 0 Å². The molecule has 0 aromatic heterocycles. The number of aliphatic hydroxyl groups is 3. The lowest BCUT2D eigenvalue weighted by atomic mass is 10.0. The van der Waals surface area contributed by atoms with Crippen molar-refractivity contribution in [1.82, 2.24) is 5.32 Å². The fourth-order valence-electron chi connectivity index (χ4n) is 1.98. The van der Waals surface area contributed by atoms with E-state index in [4.69, 9.17) is 13.8 Å². The molecule has 1 amide bonds. The van der Waals surface area contributed by atoms with Crippen LogP contribution in [0.2, 0.25) is 0 Å².